The van der Waals surface area contributed by atoms with Crippen molar-refractivity contribution in [2.24, 2.45) is 0 Å². The topological polar surface area (TPSA) is 82.5 Å². The van der Waals surface area contributed by atoms with Gasteiger partial charge in [-0.2, -0.15) is 5.10 Å². The van der Waals surface area contributed by atoms with Crippen molar-refractivity contribution in [2.75, 3.05) is 19.5 Å². The minimum Gasteiger partial charge on any atom is -0.493 e. The molecule has 0 radical (unpaired) electrons. The second-order valence-electron chi connectivity index (χ2n) is 5.96. The fourth-order valence-corrected chi connectivity index (χ4v) is 2.97. The molecule has 0 fully saturated rings. The summed E-state index contributed by atoms with van der Waals surface area (Å²) in [6.45, 7) is -0.289. The van der Waals surface area contributed by atoms with Crippen LogP contribution in [0.15, 0.2) is 53.3 Å². The highest BCUT2D eigenvalue weighted by Gasteiger charge is 2.12. The van der Waals surface area contributed by atoms with Crippen molar-refractivity contribution < 1.29 is 14.3 Å². The van der Waals surface area contributed by atoms with Gasteiger partial charge in [-0.25, -0.2) is 4.68 Å². The average molecular weight is 434 g/mol. The van der Waals surface area contributed by atoms with Crippen molar-refractivity contribution in [2.45, 2.75) is 6.54 Å². The van der Waals surface area contributed by atoms with E-state index in [0.29, 0.717) is 38.5 Å². The molecule has 7 nitrogen and oxygen atoms in total. The number of anilines is 1. The fraction of sp³-hybridized carbons (Fsp3) is 0.150. The number of methoxy groups -OCH3 is 2. The number of ether oxygens (including phenoxy) is 2. The molecule has 3 aromatic rings. The van der Waals surface area contributed by atoms with E-state index >= 15 is 0 Å². The highest BCUT2D eigenvalue weighted by Crippen LogP contribution is 2.31. The van der Waals surface area contributed by atoms with E-state index in [1.807, 2.05) is 0 Å². The molecule has 3 rings (SSSR count). The van der Waals surface area contributed by atoms with Gasteiger partial charge in [0.25, 0.3) is 5.56 Å². The number of halogens is 2. The van der Waals surface area contributed by atoms with Gasteiger partial charge in [0.1, 0.15) is 6.54 Å². The number of hydrogen-bond acceptors (Lipinski definition) is 5. The maximum Gasteiger partial charge on any atom is 0.267 e. The minimum atomic E-state index is -0.465. The monoisotopic (exact) mass is 433 g/mol. The van der Waals surface area contributed by atoms with Crippen molar-refractivity contribution in [1.82, 2.24) is 9.78 Å². The Hall–Kier alpha value is -3.03. The maximum absolute atomic E-state index is 12.4. The molecule has 0 spiro atoms. The predicted octanol–water partition coefficient (Wildman–Crippen LogP) is 3.87. The zero-order valence-electron chi connectivity index (χ0n) is 15.6. The average Bonchev–Trinajstić information content (AvgIpc) is 2.71. The van der Waals surface area contributed by atoms with Gasteiger partial charge in [-0.3, -0.25) is 9.59 Å². The van der Waals surface area contributed by atoms with E-state index in [1.54, 1.807) is 43.5 Å². The molecule has 1 N–H and O–H groups in total. The van der Waals surface area contributed by atoms with Gasteiger partial charge < -0.3 is 14.8 Å². The number of hydrogen-bond donors (Lipinski definition) is 1. The van der Waals surface area contributed by atoms with Crippen LogP contribution in [0.1, 0.15) is 0 Å². The number of benzene rings is 2. The van der Waals surface area contributed by atoms with Gasteiger partial charge in [0.2, 0.25) is 5.91 Å². The molecule has 29 heavy (non-hydrogen) atoms. The van der Waals surface area contributed by atoms with Crippen molar-refractivity contribution >= 4 is 34.8 Å². The molecule has 0 aliphatic rings. The fourth-order valence-electron chi connectivity index (χ4n) is 2.63. The summed E-state index contributed by atoms with van der Waals surface area (Å²) in [7, 11) is 3.07. The first-order valence-corrected chi connectivity index (χ1v) is 9.22. The Labute approximate surface area is 176 Å². The summed E-state index contributed by atoms with van der Waals surface area (Å²) in [5.74, 6) is 0.633. The van der Waals surface area contributed by atoms with Crippen LogP contribution in [0.5, 0.6) is 11.5 Å². The lowest BCUT2D eigenvalue weighted by atomic mass is 10.1. The van der Waals surface area contributed by atoms with Crippen molar-refractivity contribution in [1.29, 1.82) is 0 Å². The standard InChI is InChI=1S/C20H17Cl2N3O4/c1-28-17-7-3-12(9-18(17)29-2)15-6-8-20(27)25(24-15)11-19(26)23-16-10-13(21)4-5-14(16)22/h3-10H,11H2,1-2H3,(H,23,26). The van der Waals surface area contributed by atoms with Crippen LogP contribution in [0.25, 0.3) is 11.3 Å². The lowest BCUT2D eigenvalue weighted by Gasteiger charge is -2.11. The maximum atomic E-state index is 12.4. The molecule has 0 atom stereocenters. The normalized spacial score (nSPS) is 10.5. The molecule has 0 unspecified atom stereocenters. The van der Waals surface area contributed by atoms with Crippen LogP contribution in [-0.4, -0.2) is 29.9 Å². The van der Waals surface area contributed by atoms with Gasteiger partial charge in [0, 0.05) is 16.7 Å². The Morgan fingerprint density at radius 3 is 2.52 bits per heavy atom. The van der Waals surface area contributed by atoms with Gasteiger partial charge in [-0.1, -0.05) is 23.2 Å². The van der Waals surface area contributed by atoms with E-state index in [4.69, 9.17) is 32.7 Å². The highest BCUT2D eigenvalue weighted by molar-refractivity contribution is 6.35. The van der Waals surface area contributed by atoms with Crippen LogP contribution in [0.2, 0.25) is 10.0 Å². The summed E-state index contributed by atoms with van der Waals surface area (Å²) in [6, 6.07) is 12.9. The second-order valence-corrected chi connectivity index (χ2v) is 6.80. The summed E-state index contributed by atoms with van der Waals surface area (Å²) in [4.78, 5) is 24.5. The first-order chi connectivity index (χ1) is 13.9. The predicted molar refractivity (Wildman–Crippen MR) is 112 cm³/mol. The molecule has 0 bridgehead atoms. The Morgan fingerprint density at radius 2 is 1.79 bits per heavy atom. The molecule has 9 heteroatoms. The van der Waals surface area contributed by atoms with E-state index in [9.17, 15) is 9.59 Å². The van der Waals surface area contributed by atoms with Gasteiger partial charge >= 0.3 is 0 Å². The van der Waals surface area contributed by atoms with Crippen molar-refractivity contribution in [3.05, 3.63) is 68.9 Å². The van der Waals surface area contributed by atoms with Crippen LogP contribution >= 0.6 is 23.2 Å². The largest absolute Gasteiger partial charge is 0.493 e. The molecule has 0 aliphatic heterocycles. The Bertz CT molecular complexity index is 1120. The van der Waals surface area contributed by atoms with Crippen molar-refractivity contribution in [3.8, 4) is 22.8 Å². The van der Waals surface area contributed by atoms with Gasteiger partial charge in [0.15, 0.2) is 11.5 Å². The van der Waals surface area contributed by atoms with Gasteiger partial charge in [0.05, 0.1) is 30.6 Å². The molecule has 2 aromatic carbocycles. The number of aromatic nitrogens is 2. The van der Waals surface area contributed by atoms with E-state index in [1.165, 1.54) is 19.2 Å². The summed E-state index contributed by atoms with van der Waals surface area (Å²) < 4.78 is 11.6. The van der Waals surface area contributed by atoms with E-state index in [0.717, 1.165) is 4.68 Å². The molecule has 1 aromatic heterocycles. The molecule has 0 aliphatic carbocycles. The van der Waals surface area contributed by atoms with Gasteiger partial charge in [-0.05, 0) is 42.5 Å². The smallest absolute Gasteiger partial charge is 0.267 e. The van der Waals surface area contributed by atoms with E-state index < -0.39 is 11.5 Å². The minimum absolute atomic E-state index is 0.289. The molecule has 150 valence electrons. The van der Waals surface area contributed by atoms with Crippen LogP contribution in [0.3, 0.4) is 0 Å². The molecular formula is C20H17Cl2N3O4. The first-order valence-electron chi connectivity index (χ1n) is 8.46. The lowest BCUT2D eigenvalue weighted by molar-refractivity contribution is -0.117. The SMILES string of the molecule is COc1ccc(-c2ccc(=O)n(CC(=O)Nc3cc(Cl)ccc3Cl)n2)cc1OC. The third kappa shape index (κ3) is 4.88. The van der Waals surface area contributed by atoms with E-state index in [-0.39, 0.29) is 6.54 Å². The molecular weight excluding hydrogens is 417 g/mol. The Kier molecular flexibility index (Phi) is 6.41. The summed E-state index contributed by atoms with van der Waals surface area (Å²) >= 11 is 12.0. The zero-order chi connectivity index (χ0) is 21.0. The van der Waals surface area contributed by atoms with Crippen molar-refractivity contribution in [3.63, 3.8) is 0 Å². The molecule has 0 saturated heterocycles. The molecule has 0 saturated carbocycles. The Balaban J connectivity index is 1.85. The van der Waals surface area contributed by atoms with Crippen LogP contribution in [-0.2, 0) is 11.3 Å². The van der Waals surface area contributed by atoms with Crippen LogP contribution in [0.4, 0.5) is 5.69 Å². The third-order valence-electron chi connectivity index (χ3n) is 4.04. The second kappa shape index (κ2) is 8.98. The van der Waals surface area contributed by atoms with Gasteiger partial charge in [-0.15, -0.1) is 0 Å². The summed E-state index contributed by atoms with van der Waals surface area (Å²) in [5.41, 5.74) is 1.14. The number of carbonyl (C=O) groups is 1. The van der Waals surface area contributed by atoms with Crippen LogP contribution < -0.4 is 20.3 Å². The Morgan fingerprint density at radius 1 is 1.03 bits per heavy atom. The molecule has 1 heterocycles. The van der Waals surface area contributed by atoms with E-state index in [2.05, 4.69) is 10.4 Å². The number of rotatable bonds is 6. The summed E-state index contributed by atoms with van der Waals surface area (Å²) in [5, 5.41) is 7.67. The molecule has 1 amide bonds. The summed E-state index contributed by atoms with van der Waals surface area (Å²) in [6.07, 6.45) is 0. The number of nitrogens with zero attached hydrogens (tertiary/aromatic N) is 2. The number of carbonyl (C=O) groups excluding carboxylic acids is 1. The third-order valence-corrected chi connectivity index (χ3v) is 4.61. The lowest BCUT2D eigenvalue weighted by Crippen LogP contribution is -2.29. The zero-order valence-corrected chi connectivity index (χ0v) is 17.1. The number of nitrogens with one attached hydrogen (secondary N) is 1. The van der Waals surface area contributed by atoms with Crippen LogP contribution in [0, 0.1) is 0 Å². The number of amides is 1. The quantitative estimate of drug-likeness (QED) is 0.637. The first kappa shape index (κ1) is 20.7. The highest BCUT2D eigenvalue weighted by atomic mass is 35.5.